The fraction of sp³-hybridized carbons (Fsp3) is 0.231. The molecule has 12 heteroatoms. The van der Waals surface area contributed by atoms with Gasteiger partial charge in [0.2, 0.25) is 0 Å². The van der Waals surface area contributed by atoms with E-state index in [2.05, 4.69) is 0 Å². The summed E-state index contributed by atoms with van der Waals surface area (Å²) in [6.07, 6.45) is -5.24. The van der Waals surface area contributed by atoms with Crippen molar-refractivity contribution in [3.05, 3.63) is 82.1 Å². The highest BCUT2D eigenvalue weighted by Gasteiger charge is 2.60. The van der Waals surface area contributed by atoms with Gasteiger partial charge in [0.05, 0.1) is 11.3 Å². The lowest BCUT2D eigenvalue weighted by atomic mass is 9.76. The molecule has 3 aromatic rings. The molecule has 2 atom stereocenters. The first-order chi connectivity index (χ1) is 17.8. The van der Waals surface area contributed by atoms with Crippen molar-refractivity contribution in [2.75, 3.05) is 18.6 Å². The molecule has 7 nitrogen and oxygen atoms in total. The highest BCUT2D eigenvalue weighted by atomic mass is 35.5. The molecule has 1 aliphatic heterocycles. The van der Waals surface area contributed by atoms with Crippen LogP contribution in [0.15, 0.2) is 54.6 Å². The van der Waals surface area contributed by atoms with Crippen molar-refractivity contribution in [2.45, 2.75) is 24.6 Å². The number of alkyl halides is 3. The third-order valence-electron chi connectivity index (χ3n) is 6.37. The Labute approximate surface area is 218 Å². The number of carboxylic acid groups (broad SMARTS) is 1. The van der Waals surface area contributed by atoms with E-state index in [-0.39, 0.29) is 40.1 Å². The molecule has 2 unspecified atom stereocenters. The second-order valence-corrected chi connectivity index (χ2v) is 9.02. The van der Waals surface area contributed by atoms with Crippen LogP contribution in [0.4, 0.5) is 23.2 Å². The van der Waals surface area contributed by atoms with Crippen molar-refractivity contribution in [3.63, 3.8) is 0 Å². The van der Waals surface area contributed by atoms with Gasteiger partial charge in [0.15, 0.2) is 12.2 Å². The normalized spacial score (nSPS) is 15.8. The average molecular weight is 554 g/mol. The van der Waals surface area contributed by atoms with Crippen molar-refractivity contribution >= 4 is 29.2 Å². The van der Waals surface area contributed by atoms with Gasteiger partial charge >= 0.3 is 12.1 Å². The molecule has 0 fully saturated rings. The lowest BCUT2D eigenvalue weighted by Crippen LogP contribution is -2.48. The van der Waals surface area contributed by atoms with Gasteiger partial charge in [-0.15, -0.1) is 0 Å². The average Bonchev–Trinajstić information content (AvgIpc) is 2.85. The summed E-state index contributed by atoms with van der Waals surface area (Å²) >= 11 is 6.27. The summed E-state index contributed by atoms with van der Waals surface area (Å²) in [6, 6.07) is 10.4. The molecule has 3 aromatic carbocycles. The highest BCUT2D eigenvalue weighted by molar-refractivity contribution is 6.31. The number of anilines is 1. The van der Waals surface area contributed by atoms with Gasteiger partial charge in [0.1, 0.15) is 23.1 Å². The Kier molecular flexibility index (Phi) is 7.02. The van der Waals surface area contributed by atoms with Crippen LogP contribution in [-0.4, -0.2) is 41.9 Å². The number of fused-ring (bicyclic) bond motifs is 1. The van der Waals surface area contributed by atoms with Crippen LogP contribution in [0.1, 0.15) is 34.3 Å². The number of aliphatic hydroxyl groups is 1. The number of hydrogen-bond donors (Lipinski definition) is 2. The predicted octanol–water partition coefficient (Wildman–Crippen LogP) is 5.88. The zero-order valence-electron chi connectivity index (χ0n) is 19.8. The van der Waals surface area contributed by atoms with E-state index in [1.54, 1.807) is 0 Å². The minimum Gasteiger partial charge on any atom is -0.482 e. The number of carboxylic acids is 1. The molecule has 0 aliphatic carbocycles. The van der Waals surface area contributed by atoms with Crippen molar-refractivity contribution in [3.8, 4) is 17.2 Å². The topological polar surface area (TPSA) is 96.3 Å². The molecule has 0 aromatic heterocycles. The van der Waals surface area contributed by atoms with E-state index in [1.807, 2.05) is 0 Å². The van der Waals surface area contributed by atoms with Crippen LogP contribution in [0, 0.1) is 5.82 Å². The van der Waals surface area contributed by atoms with Crippen molar-refractivity contribution in [1.29, 1.82) is 0 Å². The number of carbonyl (C=O) groups is 2. The first kappa shape index (κ1) is 27.2. The number of halogens is 5. The molecule has 0 radical (unpaired) electrons. The molecule has 0 spiro atoms. The van der Waals surface area contributed by atoms with Gasteiger partial charge in [-0.05, 0) is 42.0 Å². The lowest BCUT2D eigenvalue weighted by molar-refractivity contribution is -0.274. The van der Waals surface area contributed by atoms with Crippen LogP contribution in [0.3, 0.4) is 0 Å². The molecule has 0 saturated carbocycles. The molecule has 4 rings (SSSR count). The summed E-state index contributed by atoms with van der Waals surface area (Å²) in [5, 5.41) is 20.3. The molecule has 2 N–H and O–H groups in total. The number of nitrogens with zero attached hydrogens (tertiary/aromatic N) is 1. The maximum Gasteiger partial charge on any atom is 0.422 e. The summed E-state index contributed by atoms with van der Waals surface area (Å²) in [5.74, 6) is -5.06. The molecule has 1 heterocycles. The van der Waals surface area contributed by atoms with Crippen LogP contribution in [-0.2, 0) is 10.4 Å². The smallest absolute Gasteiger partial charge is 0.422 e. The minimum absolute atomic E-state index is 0.00510. The van der Waals surface area contributed by atoms with E-state index < -0.39 is 46.5 Å². The summed E-state index contributed by atoms with van der Waals surface area (Å²) in [7, 11) is 1.28. The Morgan fingerprint density at radius 1 is 1.13 bits per heavy atom. The minimum atomic E-state index is -5.24. The molecule has 38 heavy (non-hydrogen) atoms. The van der Waals surface area contributed by atoms with E-state index in [0.717, 1.165) is 36.1 Å². The molecular formula is C26H20ClF4NO6. The van der Waals surface area contributed by atoms with Gasteiger partial charge in [-0.1, -0.05) is 30.7 Å². The quantitative estimate of drug-likeness (QED) is 0.370. The molecule has 0 saturated heterocycles. The Balaban J connectivity index is 1.79. The SMILES string of the molecule is CC(c1cc(Oc2ccc(C(=O)O)c(F)c2)ccc1Cl)C(O)(c1cccc2c1N(C)C(=O)CO2)C(F)(F)F. The molecular weight excluding hydrogens is 534 g/mol. The third-order valence-corrected chi connectivity index (χ3v) is 6.71. The van der Waals surface area contributed by atoms with Gasteiger partial charge < -0.3 is 24.6 Å². The van der Waals surface area contributed by atoms with Crippen molar-refractivity contribution in [2.24, 2.45) is 0 Å². The number of likely N-dealkylation sites (N-methyl/N-ethyl adjacent to an activating group) is 1. The standard InChI is InChI=1S/C26H20ClF4NO6/c1-13(17-10-14(7-9-19(17)27)38-15-6-8-16(24(34)35)20(28)11-15)25(36,26(29,30)31)18-4-3-5-21-23(18)32(2)22(33)12-37-21/h3-11,13,36H,12H2,1-2H3,(H,34,35). The highest BCUT2D eigenvalue weighted by Crippen LogP contribution is 2.54. The van der Waals surface area contributed by atoms with Crippen molar-refractivity contribution in [1.82, 2.24) is 0 Å². The number of amides is 1. The zero-order chi connectivity index (χ0) is 28.0. The summed E-state index contributed by atoms with van der Waals surface area (Å²) < 4.78 is 69.0. The fourth-order valence-corrected chi connectivity index (χ4v) is 4.58. The van der Waals surface area contributed by atoms with Crippen molar-refractivity contribution < 1.29 is 46.8 Å². The zero-order valence-corrected chi connectivity index (χ0v) is 20.6. The monoisotopic (exact) mass is 553 g/mol. The number of benzene rings is 3. The second kappa shape index (κ2) is 9.80. The van der Waals surface area contributed by atoms with Crippen LogP contribution >= 0.6 is 11.6 Å². The first-order valence-electron chi connectivity index (χ1n) is 11.1. The molecule has 1 aliphatic rings. The van der Waals surface area contributed by atoms with Gasteiger partial charge in [0.25, 0.3) is 5.91 Å². The number of rotatable bonds is 6. The predicted molar refractivity (Wildman–Crippen MR) is 129 cm³/mol. The van der Waals surface area contributed by atoms with Crippen LogP contribution in [0.5, 0.6) is 17.2 Å². The van der Waals surface area contributed by atoms with Gasteiger partial charge in [0, 0.05) is 29.6 Å². The van der Waals surface area contributed by atoms with Crippen LogP contribution in [0.2, 0.25) is 5.02 Å². The Morgan fingerprint density at radius 3 is 2.42 bits per heavy atom. The number of ether oxygens (including phenoxy) is 2. The largest absolute Gasteiger partial charge is 0.482 e. The Hall–Kier alpha value is -3.83. The van der Waals surface area contributed by atoms with E-state index in [0.29, 0.717) is 0 Å². The Bertz CT molecular complexity index is 1430. The number of hydrogen-bond acceptors (Lipinski definition) is 5. The van der Waals surface area contributed by atoms with E-state index in [1.165, 1.54) is 37.4 Å². The summed E-state index contributed by atoms with van der Waals surface area (Å²) in [5.41, 5.74) is -5.12. The van der Waals surface area contributed by atoms with Crippen LogP contribution < -0.4 is 14.4 Å². The van der Waals surface area contributed by atoms with E-state index in [9.17, 15) is 32.3 Å². The van der Waals surface area contributed by atoms with Gasteiger partial charge in [-0.2, -0.15) is 13.2 Å². The van der Waals surface area contributed by atoms with E-state index in [4.69, 9.17) is 26.2 Å². The fourth-order valence-electron chi connectivity index (χ4n) is 4.30. The lowest BCUT2D eigenvalue weighted by Gasteiger charge is -2.40. The number of aromatic carboxylic acids is 1. The number of carbonyl (C=O) groups excluding carboxylic acids is 1. The molecule has 0 bridgehead atoms. The van der Waals surface area contributed by atoms with Crippen LogP contribution in [0.25, 0.3) is 0 Å². The maximum atomic E-state index is 14.7. The second-order valence-electron chi connectivity index (χ2n) is 8.61. The first-order valence-corrected chi connectivity index (χ1v) is 11.5. The summed E-state index contributed by atoms with van der Waals surface area (Å²) in [6.45, 7) is 0.747. The maximum absolute atomic E-state index is 14.7. The van der Waals surface area contributed by atoms with Gasteiger partial charge in [-0.25, -0.2) is 9.18 Å². The third kappa shape index (κ3) is 4.63. The Morgan fingerprint density at radius 2 is 1.79 bits per heavy atom. The summed E-state index contributed by atoms with van der Waals surface area (Å²) in [4.78, 5) is 24.2. The number of para-hydroxylation sites is 1. The van der Waals surface area contributed by atoms with E-state index >= 15 is 0 Å². The van der Waals surface area contributed by atoms with Gasteiger partial charge in [-0.3, -0.25) is 4.79 Å². The molecule has 200 valence electrons. The molecule has 1 amide bonds.